The SMILES string of the molecule is Cc1cc(F)c2c(c1)CCCN2C(=O)Cn1c(=O)cnc2ccccc21. The number of aryl methyl sites for hydroxylation is 2. The summed E-state index contributed by atoms with van der Waals surface area (Å²) < 4.78 is 15.9. The van der Waals surface area contributed by atoms with Crippen molar-refractivity contribution >= 4 is 22.6 Å². The summed E-state index contributed by atoms with van der Waals surface area (Å²) in [4.78, 5) is 30.8. The summed E-state index contributed by atoms with van der Waals surface area (Å²) >= 11 is 0. The minimum Gasteiger partial charge on any atom is -0.308 e. The first-order chi connectivity index (χ1) is 12.5. The minimum absolute atomic E-state index is 0.144. The van der Waals surface area contributed by atoms with Gasteiger partial charge in [-0.15, -0.1) is 0 Å². The molecule has 0 radical (unpaired) electrons. The van der Waals surface area contributed by atoms with Gasteiger partial charge in [-0.3, -0.25) is 14.2 Å². The second-order valence-corrected chi connectivity index (χ2v) is 6.57. The van der Waals surface area contributed by atoms with E-state index in [0.29, 0.717) is 23.3 Å². The van der Waals surface area contributed by atoms with E-state index in [-0.39, 0.29) is 23.8 Å². The number of amides is 1. The van der Waals surface area contributed by atoms with Crippen LogP contribution in [0.25, 0.3) is 11.0 Å². The molecule has 4 rings (SSSR count). The van der Waals surface area contributed by atoms with Gasteiger partial charge in [-0.25, -0.2) is 9.37 Å². The Hall–Kier alpha value is -3.02. The van der Waals surface area contributed by atoms with Gasteiger partial charge >= 0.3 is 0 Å². The number of fused-ring (bicyclic) bond motifs is 2. The van der Waals surface area contributed by atoms with Crippen LogP contribution in [0.2, 0.25) is 0 Å². The fourth-order valence-electron chi connectivity index (χ4n) is 3.59. The van der Waals surface area contributed by atoms with Gasteiger partial charge in [0, 0.05) is 6.54 Å². The summed E-state index contributed by atoms with van der Waals surface area (Å²) in [6.07, 6.45) is 2.73. The molecule has 0 spiro atoms. The molecule has 0 aliphatic carbocycles. The predicted octanol–water partition coefficient (Wildman–Crippen LogP) is 2.82. The number of carbonyl (C=O) groups excluding carboxylic acids is 1. The van der Waals surface area contributed by atoms with Crippen LogP contribution in [0.1, 0.15) is 17.5 Å². The maximum Gasteiger partial charge on any atom is 0.269 e. The lowest BCUT2D eigenvalue weighted by molar-refractivity contribution is -0.119. The van der Waals surface area contributed by atoms with Crippen molar-refractivity contribution in [2.75, 3.05) is 11.4 Å². The van der Waals surface area contributed by atoms with Crippen LogP contribution in [0, 0.1) is 12.7 Å². The maximum absolute atomic E-state index is 14.5. The third-order valence-corrected chi connectivity index (χ3v) is 4.73. The number of aromatic nitrogens is 2. The van der Waals surface area contributed by atoms with Crippen LogP contribution in [-0.2, 0) is 17.8 Å². The molecule has 1 aromatic heterocycles. The second kappa shape index (κ2) is 6.37. The number of rotatable bonds is 2. The lowest BCUT2D eigenvalue weighted by Gasteiger charge is -2.30. The molecule has 1 aliphatic heterocycles. The van der Waals surface area contributed by atoms with Crippen molar-refractivity contribution in [2.24, 2.45) is 0 Å². The molecule has 0 unspecified atom stereocenters. The Morgan fingerprint density at radius 2 is 2.08 bits per heavy atom. The molecule has 26 heavy (non-hydrogen) atoms. The number of halogens is 1. The number of para-hydroxylation sites is 2. The van der Waals surface area contributed by atoms with Crippen LogP contribution >= 0.6 is 0 Å². The Labute approximate surface area is 149 Å². The van der Waals surface area contributed by atoms with Crippen LogP contribution in [0.5, 0.6) is 0 Å². The van der Waals surface area contributed by atoms with Gasteiger partial charge in [-0.1, -0.05) is 18.2 Å². The highest BCUT2D eigenvalue weighted by atomic mass is 19.1. The van der Waals surface area contributed by atoms with Crippen molar-refractivity contribution in [1.29, 1.82) is 0 Å². The predicted molar refractivity (Wildman–Crippen MR) is 97.8 cm³/mol. The van der Waals surface area contributed by atoms with Crippen LogP contribution < -0.4 is 10.5 Å². The number of benzene rings is 2. The molecule has 5 nitrogen and oxygen atoms in total. The van der Waals surface area contributed by atoms with Crippen molar-refractivity contribution in [3.05, 3.63) is 69.9 Å². The average Bonchev–Trinajstić information content (AvgIpc) is 2.63. The fourth-order valence-corrected chi connectivity index (χ4v) is 3.59. The van der Waals surface area contributed by atoms with Gasteiger partial charge < -0.3 is 4.90 Å². The van der Waals surface area contributed by atoms with E-state index in [4.69, 9.17) is 0 Å². The van der Waals surface area contributed by atoms with Gasteiger partial charge in [0.05, 0.1) is 22.9 Å². The molecule has 6 heteroatoms. The van der Waals surface area contributed by atoms with E-state index in [0.717, 1.165) is 24.0 Å². The molecule has 1 amide bonds. The van der Waals surface area contributed by atoms with Gasteiger partial charge in [-0.2, -0.15) is 0 Å². The molecule has 0 bridgehead atoms. The van der Waals surface area contributed by atoms with Gasteiger partial charge in [0.2, 0.25) is 5.91 Å². The first-order valence-corrected chi connectivity index (χ1v) is 8.58. The first kappa shape index (κ1) is 16.4. The van der Waals surface area contributed by atoms with Crippen molar-refractivity contribution in [2.45, 2.75) is 26.3 Å². The summed E-state index contributed by atoms with van der Waals surface area (Å²) in [5.41, 5.74) is 2.91. The Morgan fingerprint density at radius 3 is 2.92 bits per heavy atom. The van der Waals surface area contributed by atoms with Crippen molar-refractivity contribution in [1.82, 2.24) is 9.55 Å². The normalized spacial score (nSPS) is 13.7. The van der Waals surface area contributed by atoms with E-state index < -0.39 is 0 Å². The fraction of sp³-hybridized carbons (Fsp3) is 0.250. The standard InChI is InChI=1S/C20H18FN3O2/c1-13-9-14-5-4-8-23(20(14)15(21)10-13)19(26)12-24-17-7-3-2-6-16(17)22-11-18(24)25/h2-3,6-7,9-11H,4-5,8,12H2,1H3. The molecule has 3 aromatic rings. The van der Waals surface area contributed by atoms with Gasteiger partial charge in [0.1, 0.15) is 12.4 Å². The van der Waals surface area contributed by atoms with Crippen LogP contribution in [0.15, 0.2) is 47.4 Å². The maximum atomic E-state index is 14.5. The summed E-state index contributed by atoms with van der Waals surface area (Å²) in [6, 6.07) is 10.5. The lowest BCUT2D eigenvalue weighted by Crippen LogP contribution is -2.40. The third-order valence-electron chi connectivity index (χ3n) is 4.73. The minimum atomic E-state index is -0.389. The van der Waals surface area contributed by atoms with E-state index in [2.05, 4.69) is 4.98 Å². The smallest absolute Gasteiger partial charge is 0.269 e. The summed E-state index contributed by atoms with van der Waals surface area (Å²) in [5.74, 6) is -0.688. The zero-order valence-corrected chi connectivity index (χ0v) is 14.4. The van der Waals surface area contributed by atoms with E-state index >= 15 is 0 Å². The molecule has 0 fully saturated rings. The highest BCUT2D eigenvalue weighted by Crippen LogP contribution is 2.31. The molecule has 132 valence electrons. The topological polar surface area (TPSA) is 55.2 Å². The highest BCUT2D eigenvalue weighted by Gasteiger charge is 2.26. The molecule has 0 saturated carbocycles. The number of anilines is 1. The Kier molecular flexibility index (Phi) is 4.03. The Bertz CT molecular complexity index is 1070. The molecule has 0 N–H and O–H groups in total. The average molecular weight is 351 g/mol. The molecule has 2 heterocycles. The highest BCUT2D eigenvalue weighted by molar-refractivity contribution is 5.95. The van der Waals surface area contributed by atoms with E-state index in [1.165, 1.54) is 21.7 Å². The van der Waals surface area contributed by atoms with Crippen molar-refractivity contribution in [3.8, 4) is 0 Å². The molecular weight excluding hydrogens is 333 g/mol. The number of carbonyl (C=O) groups is 1. The zero-order chi connectivity index (χ0) is 18.3. The van der Waals surface area contributed by atoms with Gasteiger partial charge in [0.15, 0.2) is 0 Å². The van der Waals surface area contributed by atoms with Crippen molar-refractivity contribution in [3.63, 3.8) is 0 Å². The summed E-state index contributed by atoms with van der Waals surface area (Å²) in [5, 5.41) is 0. The molecule has 0 saturated heterocycles. The second-order valence-electron chi connectivity index (χ2n) is 6.57. The van der Waals surface area contributed by atoms with Crippen LogP contribution in [0.3, 0.4) is 0 Å². The third kappa shape index (κ3) is 2.77. The van der Waals surface area contributed by atoms with Crippen LogP contribution in [-0.4, -0.2) is 22.0 Å². The number of hydrogen-bond donors (Lipinski definition) is 0. The largest absolute Gasteiger partial charge is 0.308 e. The molecular formula is C20H18FN3O2. The lowest BCUT2D eigenvalue weighted by atomic mass is 9.99. The Balaban J connectivity index is 1.74. The summed E-state index contributed by atoms with van der Waals surface area (Å²) in [6.45, 7) is 2.14. The number of nitrogens with zero attached hydrogens (tertiary/aromatic N) is 3. The zero-order valence-electron chi connectivity index (χ0n) is 14.4. The number of hydrogen-bond acceptors (Lipinski definition) is 3. The Morgan fingerprint density at radius 1 is 1.27 bits per heavy atom. The summed E-state index contributed by atoms with van der Waals surface area (Å²) in [7, 11) is 0. The van der Waals surface area contributed by atoms with Crippen molar-refractivity contribution < 1.29 is 9.18 Å². The molecule has 2 aromatic carbocycles. The van der Waals surface area contributed by atoms with Gasteiger partial charge in [-0.05, 0) is 49.1 Å². The molecule has 1 aliphatic rings. The van der Waals surface area contributed by atoms with Gasteiger partial charge in [0.25, 0.3) is 5.56 Å². The first-order valence-electron chi connectivity index (χ1n) is 8.58. The van der Waals surface area contributed by atoms with Crippen LogP contribution in [0.4, 0.5) is 10.1 Å². The van der Waals surface area contributed by atoms with E-state index in [1.54, 1.807) is 18.2 Å². The monoisotopic (exact) mass is 351 g/mol. The van der Waals surface area contributed by atoms with E-state index in [1.807, 2.05) is 19.1 Å². The molecule has 0 atom stereocenters. The quantitative estimate of drug-likeness (QED) is 0.713. The van der Waals surface area contributed by atoms with E-state index in [9.17, 15) is 14.0 Å².